The number of amides is 1. The lowest BCUT2D eigenvalue weighted by Crippen LogP contribution is -2.23. The third-order valence-electron chi connectivity index (χ3n) is 2.05. The lowest BCUT2D eigenvalue weighted by atomic mass is 10.1. The Morgan fingerprint density at radius 1 is 1.62 bits per heavy atom. The van der Waals surface area contributed by atoms with Crippen LogP contribution >= 0.6 is 34.8 Å². The van der Waals surface area contributed by atoms with Crippen LogP contribution in [0.15, 0.2) is 11.0 Å². The van der Waals surface area contributed by atoms with Crippen LogP contribution in [0.5, 0.6) is 0 Å². The maximum absolute atomic E-state index is 11.4. The Morgan fingerprint density at radius 2 is 2.19 bits per heavy atom. The molecule has 1 atom stereocenters. The topological polar surface area (TPSA) is 80.9 Å². The second-order valence-electron chi connectivity index (χ2n) is 3.38. The number of rotatable bonds is 3. The number of nitrogens with two attached hydrogens (primary N) is 1. The molecule has 1 rings (SSSR count). The van der Waals surface area contributed by atoms with Gasteiger partial charge in [0, 0.05) is 11.9 Å². The Balaban J connectivity index is 2.99. The quantitative estimate of drug-likeness (QED) is 0.817. The van der Waals surface area contributed by atoms with Crippen molar-refractivity contribution in [2.75, 3.05) is 0 Å². The van der Waals surface area contributed by atoms with Crippen molar-refractivity contribution in [2.45, 2.75) is 23.2 Å². The highest BCUT2D eigenvalue weighted by Crippen LogP contribution is 2.27. The van der Waals surface area contributed by atoms with Crippen LogP contribution < -0.4 is 11.4 Å². The largest absolute Gasteiger partial charge is 0.369 e. The Labute approximate surface area is 106 Å². The van der Waals surface area contributed by atoms with Crippen LogP contribution in [0, 0.1) is 0 Å². The summed E-state index contributed by atoms with van der Waals surface area (Å²) in [6.07, 6.45) is 1.42. The van der Waals surface area contributed by atoms with Gasteiger partial charge in [-0.05, 0) is 6.92 Å². The zero-order valence-corrected chi connectivity index (χ0v) is 10.6. The van der Waals surface area contributed by atoms with E-state index < -0.39 is 21.3 Å². The second kappa shape index (κ2) is 4.69. The first-order valence-electron chi connectivity index (χ1n) is 4.36. The second-order valence-corrected chi connectivity index (χ2v) is 5.90. The maximum atomic E-state index is 11.4. The van der Waals surface area contributed by atoms with Gasteiger partial charge in [0.1, 0.15) is 0 Å². The smallest absolute Gasteiger partial charge is 0.325 e. The van der Waals surface area contributed by atoms with E-state index in [4.69, 9.17) is 40.5 Å². The van der Waals surface area contributed by atoms with Gasteiger partial charge >= 0.3 is 5.69 Å². The van der Waals surface area contributed by atoms with Crippen LogP contribution in [-0.4, -0.2) is 19.3 Å². The summed E-state index contributed by atoms with van der Waals surface area (Å²) in [4.78, 5) is 24.8. The van der Waals surface area contributed by atoms with Crippen molar-refractivity contribution >= 4 is 40.7 Å². The molecule has 0 saturated heterocycles. The number of nitrogens with zero attached hydrogens (tertiary/aromatic N) is 1. The fourth-order valence-electron chi connectivity index (χ4n) is 1.14. The number of carbonyl (C=O) groups is 1. The van der Waals surface area contributed by atoms with Crippen LogP contribution in [0.4, 0.5) is 0 Å². The molecule has 0 bridgehead atoms. The standard InChI is InChI=1S/C8H10Cl3N3O2/c1-4(6(12)15)5-2-14(7(16)13-5)3-8(9,10)11/h2,4H,3H2,1H3,(H2,12,15)(H,13,16). The molecule has 0 spiro atoms. The molecule has 0 aliphatic heterocycles. The Kier molecular flexibility index (Phi) is 3.93. The number of aromatic amines is 1. The summed E-state index contributed by atoms with van der Waals surface area (Å²) < 4.78 is -0.388. The molecule has 0 fully saturated rings. The molecular formula is C8H10Cl3N3O2. The Morgan fingerprint density at radius 3 is 2.62 bits per heavy atom. The summed E-state index contributed by atoms with van der Waals surface area (Å²) in [5.74, 6) is -1.13. The number of halogens is 3. The zero-order chi connectivity index (χ0) is 12.5. The Bertz CT molecular complexity index is 446. The van der Waals surface area contributed by atoms with E-state index in [1.165, 1.54) is 10.8 Å². The molecule has 0 aliphatic carbocycles. The van der Waals surface area contributed by atoms with Crippen molar-refractivity contribution in [3.05, 3.63) is 22.4 Å². The van der Waals surface area contributed by atoms with E-state index in [9.17, 15) is 9.59 Å². The molecule has 0 aromatic carbocycles. The van der Waals surface area contributed by atoms with Gasteiger partial charge in [0.15, 0.2) is 0 Å². The van der Waals surface area contributed by atoms with Crippen LogP contribution in [0.2, 0.25) is 0 Å². The van der Waals surface area contributed by atoms with Gasteiger partial charge in [-0.1, -0.05) is 34.8 Å². The minimum absolute atomic E-state index is 0.0987. The highest BCUT2D eigenvalue weighted by atomic mass is 35.6. The average Bonchev–Trinajstić information content (AvgIpc) is 2.43. The van der Waals surface area contributed by atoms with E-state index in [1.54, 1.807) is 6.92 Å². The maximum Gasteiger partial charge on any atom is 0.325 e. The first-order valence-corrected chi connectivity index (χ1v) is 5.49. The molecule has 1 unspecified atom stereocenters. The minimum Gasteiger partial charge on any atom is -0.369 e. The molecule has 1 aromatic rings. The zero-order valence-electron chi connectivity index (χ0n) is 8.34. The van der Waals surface area contributed by atoms with Crippen molar-refractivity contribution < 1.29 is 4.79 Å². The lowest BCUT2D eigenvalue weighted by Gasteiger charge is -2.09. The summed E-state index contributed by atoms with van der Waals surface area (Å²) in [6.45, 7) is 1.48. The molecule has 90 valence electrons. The van der Waals surface area contributed by atoms with Crippen molar-refractivity contribution in [3.63, 3.8) is 0 Å². The number of alkyl halides is 3. The van der Waals surface area contributed by atoms with Gasteiger partial charge in [0.25, 0.3) is 0 Å². The number of nitrogens with one attached hydrogen (secondary N) is 1. The average molecular weight is 287 g/mol. The summed E-state index contributed by atoms with van der Waals surface area (Å²) in [6, 6.07) is 0. The fraction of sp³-hybridized carbons (Fsp3) is 0.500. The number of carbonyl (C=O) groups excluding carboxylic acids is 1. The van der Waals surface area contributed by atoms with Gasteiger partial charge in [-0.15, -0.1) is 0 Å². The van der Waals surface area contributed by atoms with E-state index in [1.807, 2.05) is 0 Å². The van der Waals surface area contributed by atoms with Gasteiger partial charge in [-0.2, -0.15) is 0 Å². The van der Waals surface area contributed by atoms with Gasteiger partial charge in [-0.3, -0.25) is 9.36 Å². The molecule has 1 heterocycles. The van der Waals surface area contributed by atoms with Gasteiger partial charge in [0.05, 0.1) is 12.5 Å². The molecule has 1 amide bonds. The van der Waals surface area contributed by atoms with E-state index >= 15 is 0 Å². The first kappa shape index (κ1) is 13.4. The van der Waals surface area contributed by atoms with Crippen LogP contribution in [0.25, 0.3) is 0 Å². The summed E-state index contributed by atoms with van der Waals surface area (Å²) in [5.41, 5.74) is 5.05. The highest BCUT2D eigenvalue weighted by molar-refractivity contribution is 6.67. The lowest BCUT2D eigenvalue weighted by molar-refractivity contribution is -0.119. The molecule has 3 N–H and O–H groups in total. The van der Waals surface area contributed by atoms with Crippen LogP contribution in [-0.2, 0) is 11.3 Å². The van der Waals surface area contributed by atoms with Crippen LogP contribution in [0.1, 0.15) is 18.5 Å². The van der Waals surface area contributed by atoms with E-state index in [-0.39, 0.29) is 6.54 Å². The molecule has 16 heavy (non-hydrogen) atoms. The molecule has 1 aromatic heterocycles. The van der Waals surface area contributed by atoms with E-state index in [2.05, 4.69) is 4.98 Å². The molecule has 0 aliphatic rings. The predicted octanol–water partition coefficient (Wildman–Crippen LogP) is 1.14. The van der Waals surface area contributed by atoms with Crippen molar-refractivity contribution in [2.24, 2.45) is 5.73 Å². The van der Waals surface area contributed by atoms with Crippen LogP contribution in [0.3, 0.4) is 0 Å². The summed E-state index contributed by atoms with van der Waals surface area (Å²) in [5, 5.41) is 0. The number of hydrogen-bond donors (Lipinski definition) is 2. The number of H-pyrrole nitrogens is 1. The van der Waals surface area contributed by atoms with Crippen molar-refractivity contribution in [1.82, 2.24) is 9.55 Å². The minimum atomic E-state index is -1.57. The monoisotopic (exact) mass is 285 g/mol. The third kappa shape index (κ3) is 3.43. The molecule has 8 heteroatoms. The SMILES string of the molecule is CC(C(N)=O)c1cn(CC(Cl)(Cl)Cl)c(=O)[nH]1. The highest BCUT2D eigenvalue weighted by Gasteiger charge is 2.23. The molecular weight excluding hydrogens is 276 g/mol. The van der Waals surface area contributed by atoms with Gasteiger partial charge in [0.2, 0.25) is 9.70 Å². The molecule has 0 saturated carbocycles. The van der Waals surface area contributed by atoms with E-state index in [0.29, 0.717) is 5.69 Å². The van der Waals surface area contributed by atoms with Crippen molar-refractivity contribution in [3.8, 4) is 0 Å². The summed E-state index contributed by atoms with van der Waals surface area (Å²) >= 11 is 16.7. The molecule has 0 radical (unpaired) electrons. The van der Waals surface area contributed by atoms with E-state index in [0.717, 1.165) is 0 Å². The van der Waals surface area contributed by atoms with Gasteiger partial charge < -0.3 is 10.7 Å². The number of aromatic nitrogens is 2. The third-order valence-corrected chi connectivity index (χ3v) is 2.41. The number of hydrogen-bond acceptors (Lipinski definition) is 2. The van der Waals surface area contributed by atoms with Crippen molar-refractivity contribution in [1.29, 1.82) is 0 Å². The van der Waals surface area contributed by atoms with Gasteiger partial charge in [-0.25, -0.2) is 4.79 Å². The number of primary amides is 1. The fourth-order valence-corrected chi connectivity index (χ4v) is 1.52. The summed E-state index contributed by atoms with van der Waals surface area (Å²) in [7, 11) is 0. The predicted molar refractivity (Wildman–Crippen MR) is 63.0 cm³/mol. The first-order chi connectivity index (χ1) is 7.20. The number of imidazole rings is 1. The molecule has 5 nitrogen and oxygen atoms in total. The normalized spacial score (nSPS) is 13.8. The Hall–Kier alpha value is -0.650.